The van der Waals surface area contributed by atoms with Gasteiger partial charge in [0.05, 0.1) is 19.0 Å². The van der Waals surface area contributed by atoms with E-state index in [-0.39, 0.29) is 0 Å². The number of methoxy groups -OCH3 is 1. The third-order valence-corrected chi connectivity index (χ3v) is 3.15. The fourth-order valence-corrected chi connectivity index (χ4v) is 2.00. The van der Waals surface area contributed by atoms with E-state index in [9.17, 15) is 5.11 Å². The number of nitrogens with zero attached hydrogens (tertiary/aromatic N) is 2. The molecule has 1 heterocycles. The molecule has 0 saturated heterocycles. The van der Waals surface area contributed by atoms with E-state index in [1.807, 2.05) is 42.8 Å². The predicted molar refractivity (Wildman–Crippen MR) is 69.6 cm³/mol. The molecule has 1 unspecified atom stereocenters. The lowest BCUT2D eigenvalue weighted by molar-refractivity contribution is 0.211. The largest absolute Gasteiger partial charge is 0.497 e. The molecule has 1 N–H and O–H groups in total. The van der Waals surface area contributed by atoms with Gasteiger partial charge in [0.25, 0.3) is 0 Å². The molecule has 0 saturated carbocycles. The molecule has 0 spiro atoms. The van der Waals surface area contributed by atoms with E-state index in [1.165, 1.54) is 0 Å². The smallest absolute Gasteiger partial charge is 0.121 e. The van der Waals surface area contributed by atoms with E-state index in [1.54, 1.807) is 13.3 Å². The first-order valence-corrected chi connectivity index (χ1v) is 5.99. The van der Waals surface area contributed by atoms with Crippen LogP contribution in [0.15, 0.2) is 30.5 Å². The molecule has 0 aliphatic rings. The number of hydrogen-bond acceptors (Lipinski definition) is 3. The number of imidazole rings is 1. The topological polar surface area (TPSA) is 47.3 Å². The molecular weight excluding hydrogens is 228 g/mol. The van der Waals surface area contributed by atoms with E-state index in [0.717, 1.165) is 29.3 Å². The highest BCUT2D eigenvalue weighted by molar-refractivity contribution is 5.32. The Morgan fingerprint density at radius 1 is 1.33 bits per heavy atom. The highest BCUT2D eigenvalue weighted by Crippen LogP contribution is 2.24. The Balaban J connectivity index is 2.29. The van der Waals surface area contributed by atoms with Crippen molar-refractivity contribution in [1.29, 1.82) is 0 Å². The summed E-state index contributed by atoms with van der Waals surface area (Å²) in [7, 11) is 3.55. The number of ether oxygens (including phenoxy) is 1. The monoisotopic (exact) mass is 246 g/mol. The van der Waals surface area contributed by atoms with Crippen molar-refractivity contribution in [3.05, 3.63) is 47.5 Å². The van der Waals surface area contributed by atoms with Crippen LogP contribution in [-0.4, -0.2) is 21.8 Å². The Bertz CT molecular complexity index is 517. The van der Waals surface area contributed by atoms with Crippen molar-refractivity contribution in [3.63, 3.8) is 0 Å². The lowest BCUT2D eigenvalue weighted by atomic mass is 10.1. The first kappa shape index (κ1) is 12.6. The van der Waals surface area contributed by atoms with Gasteiger partial charge in [-0.05, 0) is 17.7 Å². The molecule has 96 valence electrons. The van der Waals surface area contributed by atoms with Crippen LogP contribution in [0, 0.1) is 0 Å². The SMILES string of the molecule is CCc1ncc(C(O)c2ccc(OC)cc2)n1C. The van der Waals surface area contributed by atoms with Crippen LogP contribution in [0.4, 0.5) is 0 Å². The van der Waals surface area contributed by atoms with Gasteiger partial charge < -0.3 is 14.4 Å². The van der Waals surface area contributed by atoms with Gasteiger partial charge in [0, 0.05) is 13.5 Å². The van der Waals surface area contributed by atoms with Gasteiger partial charge in [-0.25, -0.2) is 4.98 Å². The summed E-state index contributed by atoms with van der Waals surface area (Å²) in [5.74, 6) is 1.75. The molecule has 2 rings (SSSR count). The molecule has 0 aliphatic heterocycles. The maximum atomic E-state index is 10.3. The van der Waals surface area contributed by atoms with Crippen molar-refractivity contribution in [3.8, 4) is 5.75 Å². The maximum Gasteiger partial charge on any atom is 0.121 e. The van der Waals surface area contributed by atoms with Crippen molar-refractivity contribution < 1.29 is 9.84 Å². The van der Waals surface area contributed by atoms with E-state index in [0.29, 0.717) is 0 Å². The number of aliphatic hydroxyl groups is 1. The van der Waals surface area contributed by atoms with E-state index < -0.39 is 6.10 Å². The number of benzene rings is 1. The lowest BCUT2D eigenvalue weighted by Crippen LogP contribution is -2.07. The number of aryl methyl sites for hydroxylation is 1. The normalized spacial score (nSPS) is 12.4. The number of aromatic nitrogens is 2. The van der Waals surface area contributed by atoms with Crippen molar-refractivity contribution >= 4 is 0 Å². The number of aliphatic hydroxyl groups excluding tert-OH is 1. The van der Waals surface area contributed by atoms with Crippen LogP contribution in [0.5, 0.6) is 5.75 Å². The van der Waals surface area contributed by atoms with Gasteiger partial charge in [-0.3, -0.25) is 0 Å². The van der Waals surface area contributed by atoms with Crippen LogP contribution >= 0.6 is 0 Å². The zero-order valence-corrected chi connectivity index (χ0v) is 10.9. The fourth-order valence-electron chi connectivity index (χ4n) is 2.00. The van der Waals surface area contributed by atoms with Crippen LogP contribution in [0.2, 0.25) is 0 Å². The van der Waals surface area contributed by atoms with E-state index >= 15 is 0 Å². The maximum absolute atomic E-state index is 10.3. The summed E-state index contributed by atoms with van der Waals surface area (Å²) in [6.07, 6.45) is 1.92. The molecule has 2 aromatic rings. The molecule has 4 nitrogen and oxygen atoms in total. The first-order chi connectivity index (χ1) is 8.67. The average molecular weight is 246 g/mol. The minimum absolute atomic E-state index is 0.659. The van der Waals surface area contributed by atoms with Crippen LogP contribution in [-0.2, 0) is 13.5 Å². The standard InChI is InChI=1S/C14H18N2O2/c1-4-13-15-9-12(16(13)2)14(17)10-5-7-11(18-3)8-6-10/h5-9,14,17H,4H2,1-3H3. The summed E-state index contributed by atoms with van der Waals surface area (Å²) < 4.78 is 7.04. The molecule has 1 aromatic heterocycles. The van der Waals surface area contributed by atoms with Crippen LogP contribution in [0.25, 0.3) is 0 Å². The molecule has 1 atom stereocenters. The molecule has 18 heavy (non-hydrogen) atoms. The van der Waals surface area contributed by atoms with Gasteiger partial charge in [0.1, 0.15) is 17.7 Å². The summed E-state index contributed by atoms with van der Waals surface area (Å²) in [6.45, 7) is 2.05. The van der Waals surface area contributed by atoms with E-state index in [2.05, 4.69) is 4.98 Å². The van der Waals surface area contributed by atoms with Crippen LogP contribution < -0.4 is 4.74 Å². The second-order valence-corrected chi connectivity index (χ2v) is 4.19. The van der Waals surface area contributed by atoms with Crippen molar-refractivity contribution in [2.45, 2.75) is 19.4 Å². The van der Waals surface area contributed by atoms with E-state index in [4.69, 9.17) is 4.74 Å². The summed E-state index contributed by atoms with van der Waals surface area (Å²) in [6, 6.07) is 7.41. The Labute approximate surface area is 107 Å². The Morgan fingerprint density at radius 2 is 2.00 bits per heavy atom. The second-order valence-electron chi connectivity index (χ2n) is 4.19. The van der Waals surface area contributed by atoms with Gasteiger partial charge >= 0.3 is 0 Å². The van der Waals surface area contributed by atoms with Gasteiger partial charge in [-0.2, -0.15) is 0 Å². The Hall–Kier alpha value is -1.81. The molecule has 0 amide bonds. The minimum Gasteiger partial charge on any atom is -0.497 e. The van der Waals surface area contributed by atoms with Gasteiger partial charge in [-0.1, -0.05) is 19.1 Å². The summed E-state index contributed by atoms with van der Waals surface area (Å²) in [4.78, 5) is 4.29. The summed E-state index contributed by atoms with van der Waals surface area (Å²) >= 11 is 0. The summed E-state index contributed by atoms with van der Waals surface area (Å²) in [5.41, 5.74) is 1.64. The zero-order valence-electron chi connectivity index (χ0n) is 10.9. The van der Waals surface area contributed by atoms with Crippen LogP contribution in [0.3, 0.4) is 0 Å². The molecule has 0 fully saturated rings. The Morgan fingerprint density at radius 3 is 2.50 bits per heavy atom. The second kappa shape index (κ2) is 5.23. The van der Waals surface area contributed by atoms with Gasteiger partial charge in [0.2, 0.25) is 0 Å². The van der Waals surface area contributed by atoms with Gasteiger partial charge in [-0.15, -0.1) is 0 Å². The summed E-state index contributed by atoms with van der Waals surface area (Å²) in [5, 5.41) is 10.3. The van der Waals surface area contributed by atoms with Crippen molar-refractivity contribution in [2.75, 3.05) is 7.11 Å². The van der Waals surface area contributed by atoms with Crippen molar-refractivity contribution in [1.82, 2.24) is 9.55 Å². The van der Waals surface area contributed by atoms with Crippen LogP contribution in [0.1, 0.15) is 30.1 Å². The molecule has 4 heteroatoms. The first-order valence-electron chi connectivity index (χ1n) is 5.99. The zero-order chi connectivity index (χ0) is 13.1. The lowest BCUT2D eigenvalue weighted by Gasteiger charge is -2.13. The fraction of sp³-hybridized carbons (Fsp3) is 0.357. The molecule has 0 bridgehead atoms. The quantitative estimate of drug-likeness (QED) is 0.898. The third-order valence-electron chi connectivity index (χ3n) is 3.15. The number of rotatable bonds is 4. The number of hydrogen-bond donors (Lipinski definition) is 1. The Kier molecular flexibility index (Phi) is 3.67. The average Bonchev–Trinajstić information content (AvgIpc) is 2.79. The molecule has 0 radical (unpaired) electrons. The molecule has 1 aromatic carbocycles. The molecular formula is C14H18N2O2. The highest BCUT2D eigenvalue weighted by atomic mass is 16.5. The van der Waals surface area contributed by atoms with Gasteiger partial charge in [0.15, 0.2) is 0 Å². The molecule has 0 aliphatic carbocycles. The van der Waals surface area contributed by atoms with Crippen molar-refractivity contribution in [2.24, 2.45) is 7.05 Å². The highest BCUT2D eigenvalue weighted by Gasteiger charge is 2.16. The minimum atomic E-state index is -0.659. The third kappa shape index (κ3) is 2.24. The predicted octanol–water partition coefficient (Wildman–Crippen LogP) is 2.07.